The van der Waals surface area contributed by atoms with Gasteiger partial charge in [0.05, 0.1) is 25.1 Å². The van der Waals surface area contributed by atoms with E-state index in [2.05, 4.69) is 4.98 Å². The van der Waals surface area contributed by atoms with Crippen LogP contribution in [0.2, 0.25) is 5.02 Å². The summed E-state index contributed by atoms with van der Waals surface area (Å²) in [5.74, 6) is -1.53. The zero-order chi connectivity index (χ0) is 25.7. The van der Waals surface area contributed by atoms with Gasteiger partial charge in [-0.1, -0.05) is 17.7 Å². The number of hydrogen-bond donors (Lipinski definition) is 0. The van der Waals surface area contributed by atoms with Crippen LogP contribution >= 0.6 is 22.9 Å². The topological polar surface area (TPSA) is 85.8 Å². The van der Waals surface area contributed by atoms with E-state index in [1.54, 1.807) is 24.5 Å². The normalized spacial score (nSPS) is 16.2. The van der Waals surface area contributed by atoms with Gasteiger partial charge in [0, 0.05) is 28.4 Å². The quantitative estimate of drug-likeness (QED) is 0.413. The van der Waals surface area contributed by atoms with Crippen molar-refractivity contribution in [3.8, 4) is 0 Å². The highest BCUT2D eigenvalue weighted by atomic mass is 35.5. The fourth-order valence-electron chi connectivity index (χ4n) is 4.65. The molecule has 192 valence electrons. The van der Waals surface area contributed by atoms with Gasteiger partial charge in [0.15, 0.2) is 0 Å². The maximum atomic E-state index is 15.3. The van der Waals surface area contributed by atoms with Gasteiger partial charge in [-0.3, -0.25) is 19.5 Å². The molecule has 2 aromatic rings. The molecular formula is C26H28ClFN2O5S. The molecule has 2 aliphatic rings. The monoisotopic (exact) mass is 534 g/mol. The van der Waals surface area contributed by atoms with Gasteiger partial charge in [0.25, 0.3) is 5.91 Å². The Morgan fingerprint density at radius 2 is 1.89 bits per heavy atom. The smallest absolute Gasteiger partial charge is 0.334 e. The number of carbonyl (C=O) groups is 3. The minimum atomic E-state index is -0.692. The molecule has 2 aliphatic carbocycles. The fourth-order valence-corrected chi connectivity index (χ4v) is 5.97. The van der Waals surface area contributed by atoms with Crippen LogP contribution in [0.4, 0.5) is 10.1 Å². The molecule has 10 heteroatoms. The van der Waals surface area contributed by atoms with Crippen LogP contribution in [-0.2, 0) is 36.8 Å². The number of pyridine rings is 1. The molecule has 1 saturated carbocycles. The number of thiophene rings is 1. The first kappa shape index (κ1) is 26.3. The molecule has 1 fully saturated rings. The van der Waals surface area contributed by atoms with E-state index in [0.29, 0.717) is 40.9 Å². The Morgan fingerprint density at radius 3 is 2.56 bits per heavy atom. The van der Waals surface area contributed by atoms with Crippen LogP contribution < -0.4 is 4.90 Å². The highest BCUT2D eigenvalue weighted by Crippen LogP contribution is 2.41. The number of ether oxygens (including phenoxy) is 2. The van der Waals surface area contributed by atoms with E-state index in [1.807, 2.05) is 0 Å². The van der Waals surface area contributed by atoms with Gasteiger partial charge in [0.2, 0.25) is 5.13 Å². The van der Waals surface area contributed by atoms with Crippen molar-refractivity contribution in [2.75, 3.05) is 12.0 Å². The van der Waals surface area contributed by atoms with Gasteiger partial charge < -0.3 is 9.47 Å². The molecule has 0 N–H and O–H groups in total. The molecule has 0 unspecified atom stereocenters. The van der Waals surface area contributed by atoms with Gasteiger partial charge in [-0.25, -0.2) is 4.79 Å². The number of esters is 2. The van der Waals surface area contributed by atoms with Crippen LogP contribution in [0.5, 0.6) is 0 Å². The summed E-state index contributed by atoms with van der Waals surface area (Å²) < 4.78 is 25.7. The van der Waals surface area contributed by atoms with Crippen LogP contribution in [0.3, 0.4) is 0 Å². The first-order chi connectivity index (χ1) is 17.4. The first-order valence-electron chi connectivity index (χ1n) is 12.1. The van der Waals surface area contributed by atoms with E-state index < -0.39 is 23.0 Å². The maximum absolute atomic E-state index is 15.3. The Bertz CT molecular complexity index is 1160. The van der Waals surface area contributed by atoms with Crippen LogP contribution in [0.1, 0.15) is 61.8 Å². The molecule has 0 atom stereocenters. The number of aromatic nitrogens is 1. The highest BCUT2D eigenvalue weighted by molar-refractivity contribution is 7.11. The van der Waals surface area contributed by atoms with Crippen LogP contribution in [0.25, 0.3) is 0 Å². The van der Waals surface area contributed by atoms with E-state index in [0.717, 1.165) is 38.5 Å². The number of amides is 1. The molecule has 0 radical (unpaired) electrons. The van der Waals surface area contributed by atoms with Crippen LogP contribution in [0.15, 0.2) is 35.7 Å². The second-order valence-electron chi connectivity index (χ2n) is 8.94. The summed E-state index contributed by atoms with van der Waals surface area (Å²) in [6.45, 7) is -0.00777. The van der Waals surface area contributed by atoms with Crippen LogP contribution in [0, 0.1) is 5.13 Å². The zero-order valence-electron chi connectivity index (χ0n) is 20.1. The van der Waals surface area contributed by atoms with Crippen LogP contribution in [-0.4, -0.2) is 36.0 Å². The number of rotatable bonds is 8. The standard InChI is InChI=1S/C26H28ClFN2O5S/c1-34-21(31)13-20-22(27)23(24(28)36-20)30(15-16-7-6-12-29-14-16)25(32)18-10-4-5-11-19(18)26(33)35-17-8-2-3-9-17/h6-7,12,14,17H,2-5,8-11,13,15H2,1H3. The second-order valence-corrected chi connectivity index (χ2v) is 10.4. The largest absolute Gasteiger partial charge is 0.469 e. The van der Waals surface area contributed by atoms with Gasteiger partial charge in [0.1, 0.15) is 11.8 Å². The van der Waals surface area contributed by atoms with Crippen molar-refractivity contribution in [3.63, 3.8) is 0 Å². The fraction of sp³-hybridized carbons (Fsp3) is 0.462. The summed E-state index contributed by atoms with van der Waals surface area (Å²) in [6, 6.07) is 3.49. The highest BCUT2D eigenvalue weighted by Gasteiger charge is 2.34. The lowest BCUT2D eigenvalue weighted by Crippen LogP contribution is -2.34. The van der Waals surface area contributed by atoms with Gasteiger partial charge in [-0.15, -0.1) is 11.3 Å². The Morgan fingerprint density at radius 1 is 1.17 bits per heavy atom. The van der Waals surface area contributed by atoms with Gasteiger partial charge >= 0.3 is 11.9 Å². The molecule has 0 aromatic carbocycles. The third-order valence-electron chi connectivity index (χ3n) is 6.51. The van der Waals surface area contributed by atoms with E-state index in [9.17, 15) is 14.4 Å². The lowest BCUT2D eigenvalue weighted by molar-refractivity contribution is -0.144. The van der Waals surface area contributed by atoms with E-state index in [1.165, 1.54) is 12.0 Å². The zero-order valence-corrected chi connectivity index (χ0v) is 21.6. The molecule has 2 aromatic heterocycles. The Balaban J connectivity index is 1.72. The van der Waals surface area contributed by atoms with E-state index in [-0.39, 0.29) is 34.7 Å². The molecular weight excluding hydrogens is 507 g/mol. The molecule has 0 spiro atoms. The van der Waals surface area contributed by atoms with Crippen molar-refractivity contribution in [3.05, 3.63) is 56.3 Å². The Hall–Kier alpha value is -2.78. The van der Waals surface area contributed by atoms with Gasteiger partial charge in [-0.2, -0.15) is 4.39 Å². The lowest BCUT2D eigenvalue weighted by atomic mass is 9.90. The number of carbonyl (C=O) groups excluding carboxylic acids is 3. The summed E-state index contributed by atoms with van der Waals surface area (Å²) >= 11 is 7.23. The molecule has 0 aliphatic heterocycles. The third-order valence-corrected chi connectivity index (χ3v) is 8.00. The molecule has 7 nitrogen and oxygen atoms in total. The van der Waals surface area contributed by atoms with Crippen molar-refractivity contribution in [2.45, 2.75) is 70.4 Å². The van der Waals surface area contributed by atoms with E-state index >= 15 is 4.39 Å². The van der Waals surface area contributed by atoms with Gasteiger partial charge in [-0.05, 0) is 63.0 Å². The predicted octanol–water partition coefficient (Wildman–Crippen LogP) is 5.54. The average Bonchev–Trinajstić information content (AvgIpc) is 3.50. The maximum Gasteiger partial charge on any atom is 0.334 e. The molecule has 0 bridgehead atoms. The van der Waals surface area contributed by atoms with Crippen molar-refractivity contribution >= 4 is 46.5 Å². The number of halogens is 2. The summed E-state index contributed by atoms with van der Waals surface area (Å²) in [4.78, 5) is 44.5. The second kappa shape index (κ2) is 12.0. The first-order valence-corrected chi connectivity index (χ1v) is 13.3. The summed E-state index contributed by atoms with van der Waals surface area (Å²) in [5, 5.41) is -0.714. The number of hydrogen-bond acceptors (Lipinski definition) is 7. The molecule has 1 amide bonds. The Labute approximate surface area is 218 Å². The predicted molar refractivity (Wildman–Crippen MR) is 134 cm³/mol. The molecule has 2 heterocycles. The molecule has 36 heavy (non-hydrogen) atoms. The lowest BCUT2D eigenvalue weighted by Gasteiger charge is -2.27. The summed E-state index contributed by atoms with van der Waals surface area (Å²) in [7, 11) is 1.24. The molecule has 0 saturated heterocycles. The number of nitrogens with zero attached hydrogens (tertiary/aromatic N) is 2. The summed E-state index contributed by atoms with van der Waals surface area (Å²) in [6.07, 6.45) is 8.85. The third kappa shape index (κ3) is 5.95. The number of methoxy groups -OCH3 is 1. The number of anilines is 1. The Kier molecular flexibility index (Phi) is 8.74. The minimum absolute atomic E-state index is 0.00777. The van der Waals surface area contributed by atoms with Crippen molar-refractivity contribution in [1.82, 2.24) is 4.98 Å². The summed E-state index contributed by atoms with van der Waals surface area (Å²) in [5.41, 5.74) is 1.23. The van der Waals surface area contributed by atoms with Crippen molar-refractivity contribution in [2.24, 2.45) is 0 Å². The minimum Gasteiger partial charge on any atom is -0.469 e. The SMILES string of the molecule is COC(=O)Cc1sc(F)c(N(Cc2cccnc2)C(=O)C2=C(C(=O)OC3CCCC3)CCCC2)c1Cl. The molecule has 4 rings (SSSR count). The average molecular weight is 535 g/mol. The van der Waals surface area contributed by atoms with E-state index in [4.69, 9.17) is 21.1 Å². The van der Waals surface area contributed by atoms with Crippen molar-refractivity contribution in [1.29, 1.82) is 0 Å². The van der Waals surface area contributed by atoms with Crippen molar-refractivity contribution < 1.29 is 28.2 Å².